The molecule has 2 rings (SSSR count). The normalized spacial score (nSPS) is 17.5. The van der Waals surface area contributed by atoms with E-state index in [9.17, 15) is 9.90 Å². The number of piperidine rings is 1. The van der Waals surface area contributed by atoms with Crippen molar-refractivity contribution in [1.29, 1.82) is 0 Å². The van der Waals surface area contributed by atoms with Crippen LogP contribution in [-0.2, 0) is 0 Å². The van der Waals surface area contributed by atoms with Crippen LogP contribution in [0.4, 0.5) is 5.82 Å². The van der Waals surface area contributed by atoms with Gasteiger partial charge in [0.2, 0.25) is 0 Å². The molecule has 6 heteroatoms. The summed E-state index contributed by atoms with van der Waals surface area (Å²) in [6, 6.07) is 0.137. The molecule has 0 radical (unpaired) electrons. The summed E-state index contributed by atoms with van der Waals surface area (Å²) in [5.41, 5.74) is 1.56. The molecule has 0 amide bonds. The molecule has 1 aliphatic heterocycles. The number of aromatic nitrogens is 2. The lowest BCUT2D eigenvalue weighted by atomic mass is 10.1. The zero-order valence-corrected chi connectivity index (χ0v) is 13.0. The van der Waals surface area contributed by atoms with Crippen molar-refractivity contribution < 1.29 is 9.90 Å². The minimum absolute atomic E-state index is 0.137. The molecule has 1 aromatic heterocycles. The number of rotatable bonds is 5. The minimum atomic E-state index is -0.960. The van der Waals surface area contributed by atoms with Crippen molar-refractivity contribution in [2.24, 2.45) is 0 Å². The predicted octanol–water partition coefficient (Wildman–Crippen LogP) is 2.08. The number of aromatic carboxylic acids is 1. The van der Waals surface area contributed by atoms with Crippen LogP contribution >= 0.6 is 0 Å². The summed E-state index contributed by atoms with van der Waals surface area (Å²) in [5.74, 6) is -0.590. The molecule has 2 heterocycles. The topological polar surface area (TPSA) is 78.4 Å². The van der Waals surface area contributed by atoms with Gasteiger partial charge in [-0.2, -0.15) is 5.10 Å². The van der Waals surface area contributed by atoms with Gasteiger partial charge in [0.25, 0.3) is 0 Å². The first-order valence-corrected chi connectivity index (χ1v) is 7.55. The van der Waals surface area contributed by atoms with Crippen LogP contribution in [0.5, 0.6) is 0 Å². The highest BCUT2D eigenvalue weighted by atomic mass is 16.4. The maximum absolute atomic E-state index is 11.4. The second-order valence-electron chi connectivity index (χ2n) is 5.85. The first-order chi connectivity index (χ1) is 9.99. The lowest BCUT2D eigenvalue weighted by Gasteiger charge is -2.29. The van der Waals surface area contributed by atoms with E-state index >= 15 is 0 Å². The van der Waals surface area contributed by atoms with Crippen LogP contribution in [-0.4, -0.2) is 51.8 Å². The fourth-order valence-corrected chi connectivity index (χ4v) is 2.78. The van der Waals surface area contributed by atoms with E-state index in [1.807, 2.05) is 0 Å². The summed E-state index contributed by atoms with van der Waals surface area (Å²) < 4.78 is 0. The van der Waals surface area contributed by atoms with Crippen LogP contribution in [0.2, 0.25) is 0 Å². The average Bonchev–Trinajstić information content (AvgIpc) is 2.43. The Labute approximate surface area is 125 Å². The number of hydrogen-bond acceptors (Lipinski definition) is 5. The Kier molecular flexibility index (Phi) is 5.12. The Morgan fingerprint density at radius 1 is 1.29 bits per heavy atom. The van der Waals surface area contributed by atoms with Gasteiger partial charge >= 0.3 is 5.97 Å². The highest BCUT2D eigenvalue weighted by Crippen LogP contribution is 2.19. The molecule has 1 atom stereocenters. The van der Waals surface area contributed by atoms with Gasteiger partial charge in [0.15, 0.2) is 5.82 Å². The van der Waals surface area contributed by atoms with Crippen molar-refractivity contribution in [1.82, 2.24) is 15.1 Å². The summed E-state index contributed by atoms with van der Waals surface area (Å²) >= 11 is 0. The molecule has 6 nitrogen and oxygen atoms in total. The highest BCUT2D eigenvalue weighted by Gasteiger charge is 2.20. The Morgan fingerprint density at radius 2 is 1.95 bits per heavy atom. The number of carboxylic acid groups (broad SMARTS) is 1. The Morgan fingerprint density at radius 3 is 2.57 bits per heavy atom. The summed E-state index contributed by atoms with van der Waals surface area (Å²) in [7, 11) is 0. The molecule has 1 unspecified atom stereocenters. The van der Waals surface area contributed by atoms with Crippen LogP contribution < -0.4 is 5.32 Å². The van der Waals surface area contributed by atoms with Crippen molar-refractivity contribution in [3.8, 4) is 0 Å². The molecule has 0 bridgehead atoms. The van der Waals surface area contributed by atoms with Crippen LogP contribution in [0.3, 0.4) is 0 Å². The molecule has 1 fully saturated rings. The first kappa shape index (κ1) is 15.7. The molecule has 1 aliphatic rings. The fraction of sp³-hybridized carbons (Fsp3) is 0.667. The minimum Gasteiger partial charge on any atom is -0.478 e. The SMILES string of the molecule is Cc1nnc(NC(C)CN2CCCCC2)c(C(=O)O)c1C. The molecule has 116 valence electrons. The third kappa shape index (κ3) is 3.91. The number of nitrogens with zero attached hydrogens (tertiary/aromatic N) is 3. The average molecular weight is 292 g/mol. The van der Waals surface area contributed by atoms with Gasteiger partial charge in [-0.25, -0.2) is 4.79 Å². The van der Waals surface area contributed by atoms with E-state index in [0.717, 1.165) is 19.6 Å². The first-order valence-electron chi connectivity index (χ1n) is 7.55. The van der Waals surface area contributed by atoms with Gasteiger partial charge in [-0.15, -0.1) is 5.10 Å². The van der Waals surface area contributed by atoms with Crippen LogP contribution in [0.25, 0.3) is 0 Å². The van der Waals surface area contributed by atoms with E-state index in [2.05, 4.69) is 27.3 Å². The lowest BCUT2D eigenvalue weighted by molar-refractivity contribution is 0.0696. The van der Waals surface area contributed by atoms with Crippen molar-refractivity contribution in [2.75, 3.05) is 25.0 Å². The number of anilines is 1. The monoisotopic (exact) mass is 292 g/mol. The zero-order chi connectivity index (χ0) is 15.4. The molecule has 0 aliphatic carbocycles. The van der Waals surface area contributed by atoms with Gasteiger partial charge in [0.05, 0.1) is 5.69 Å². The largest absolute Gasteiger partial charge is 0.478 e. The van der Waals surface area contributed by atoms with Gasteiger partial charge in [-0.3, -0.25) is 0 Å². The third-order valence-corrected chi connectivity index (χ3v) is 4.03. The highest BCUT2D eigenvalue weighted by molar-refractivity contribution is 5.94. The molecule has 1 aromatic rings. The molecular weight excluding hydrogens is 268 g/mol. The number of aryl methyl sites for hydroxylation is 1. The molecular formula is C15H24N4O2. The van der Waals surface area contributed by atoms with E-state index in [0.29, 0.717) is 17.1 Å². The van der Waals surface area contributed by atoms with Gasteiger partial charge in [0.1, 0.15) is 5.56 Å². The smallest absolute Gasteiger partial charge is 0.339 e. The second kappa shape index (κ2) is 6.85. The second-order valence-corrected chi connectivity index (χ2v) is 5.85. The maximum Gasteiger partial charge on any atom is 0.339 e. The molecule has 0 saturated carbocycles. The van der Waals surface area contributed by atoms with E-state index in [1.54, 1.807) is 13.8 Å². The standard InChI is InChI=1S/C15H24N4O2/c1-10(9-19-7-5-4-6-8-19)16-14-13(15(20)21)11(2)12(3)17-18-14/h10H,4-9H2,1-3H3,(H,16,18)(H,20,21). The molecule has 1 saturated heterocycles. The molecule has 0 aromatic carbocycles. The number of likely N-dealkylation sites (tertiary alicyclic amines) is 1. The number of nitrogens with one attached hydrogen (secondary N) is 1. The van der Waals surface area contributed by atoms with Crippen molar-refractivity contribution >= 4 is 11.8 Å². The van der Waals surface area contributed by atoms with Crippen LogP contribution in [0.15, 0.2) is 0 Å². The molecule has 0 spiro atoms. The summed E-state index contributed by atoms with van der Waals surface area (Å²) in [4.78, 5) is 13.9. The Hall–Kier alpha value is -1.69. The summed E-state index contributed by atoms with van der Waals surface area (Å²) in [5, 5.41) is 20.7. The van der Waals surface area contributed by atoms with Gasteiger partial charge in [0, 0.05) is 12.6 Å². The number of carbonyl (C=O) groups is 1. The predicted molar refractivity (Wildman–Crippen MR) is 81.8 cm³/mol. The summed E-state index contributed by atoms with van der Waals surface area (Å²) in [6.45, 7) is 8.74. The molecule has 2 N–H and O–H groups in total. The lowest BCUT2D eigenvalue weighted by Crippen LogP contribution is -2.38. The van der Waals surface area contributed by atoms with E-state index in [4.69, 9.17) is 0 Å². The Bertz CT molecular complexity index is 513. The summed E-state index contributed by atoms with van der Waals surface area (Å²) in [6.07, 6.45) is 3.80. The van der Waals surface area contributed by atoms with Crippen LogP contribution in [0.1, 0.15) is 47.8 Å². The van der Waals surface area contributed by atoms with Crippen molar-refractivity contribution in [3.05, 3.63) is 16.8 Å². The fourth-order valence-electron chi connectivity index (χ4n) is 2.78. The zero-order valence-electron chi connectivity index (χ0n) is 13.0. The maximum atomic E-state index is 11.4. The van der Waals surface area contributed by atoms with Gasteiger partial charge in [-0.1, -0.05) is 6.42 Å². The third-order valence-electron chi connectivity index (χ3n) is 4.03. The quantitative estimate of drug-likeness (QED) is 0.865. The van der Waals surface area contributed by atoms with Gasteiger partial charge < -0.3 is 15.3 Å². The van der Waals surface area contributed by atoms with E-state index < -0.39 is 5.97 Å². The van der Waals surface area contributed by atoms with Gasteiger partial charge in [-0.05, 0) is 52.3 Å². The van der Waals surface area contributed by atoms with E-state index in [1.165, 1.54) is 19.3 Å². The number of carboxylic acids is 1. The van der Waals surface area contributed by atoms with E-state index in [-0.39, 0.29) is 11.6 Å². The Balaban J connectivity index is 2.08. The van der Waals surface area contributed by atoms with Crippen LogP contribution in [0, 0.1) is 13.8 Å². The number of hydrogen-bond donors (Lipinski definition) is 2. The van der Waals surface area contributed by atoms with Crippen molar-refractivity contribution in [3.63, 3.8) is 0 Å². The van der Waals surface area contributed by atoms with Crippen molar-refractivity contribution in [2.45, 2.75) is 46.1 Å². The molecule has 21 heavy (non-hydrogen) atoms.